The maximum absolute atomic E-state index is 5.78. The summed E-state index contributed by atoms with van der Waals surface area (Å²) in [4.78, 5) is 0. The monoisotopic (exact) mass is 232 g/mol. The van der Waals surface area contributed by atoms with Gasteiger partial charge in [-0.05, 0) is 30.9 Å². The average molecular weight is 232 g/mol. The van der Waals surface area contributed by atoms with Gasteiger partial charge in [-0.15, -0.1) is 0 Å². The molecule has 3 heteroatoms. The highest BCUT2D eigenvalue weighted by Gasteiger charge is 2.05. The van der Waals surface area contributed by atoms with E-state index in [1.54, 1.807) is 0 Å². The smallest absolute Gasteiger partial charge is 0.0649 e. The lowest BCUT2D eigenvalue weighted by Gasteiger charge is -2.11. The molecule has 17 heavy (non-hydrogen) atoms. The number of rotatable bonds is 5. The van der Waals surface area contributed by atoms with E-state index < -0.39 is 0 Å². The van der Waals surface area contributed by atoms with Crippen LogP contribution >= 0.6 is 0 Å². The Hall–Kier alpha value is -1.32. The highest BCUT2D eigenvalue weighted by Crippen LogP contribution is 2.20. The number of hydrogen-bond acceptors (Lipinski definition) is 2. The van der Waals surface area contributed by atoms with Crippen LogP contribution in [0, 0.1) is 0 Å². The second-order valence-corrected chi connectivity index (χ2v) is 4.49. The molecular weight excluding hydrogens is 212 g/mol. The molecule has 3 nitrogen and oxygen atoms in total. The normalized spacial score (nSPS) is 11.5. The van der Waals surface area contributed by atoms with Gasteiger partial charge in [0.15, 0.2) is 0 Å². The van der Waals surface area contributed by atoms with E-state index in [-0.39, 0.29) is 6.10 Å². The molecule has 0 aliphatic carbocycles. The molecule has 1 aromatic carbocycles. The Bertz CT molecular complexity index is 488. The number of benzene rings is 1. The van der Waals surface area contributed by atoms with Crippen molar-refractivity contribution in [3.63, 3.8) is 0 Å². The van der Waals surface area contributed by atoms with Crippen LogP contribution in [0.5, 0.6) is 0 Å². The Morgan fingerprint density at radius 1 is 1.29 bits per heavy atom. The van der Waals surface area contributed by atoms with Crippen LogP contribution in [-0.2, 0) is 17.8 Å². The fraction of sp³-hybridized carbons (Fsp3) is 0.429. The van der Waals surface area contributed by atoms with Gasteiger partial charge in [0.25, 0.3) is 0 Å². The van der Waals surface area contributed by atoms with Gasteiger partial charge in [0, 0.05) is 19.3 Å². The lowest BCUT2D eigenvalue weighted by atomic mass is 10.1. The predicted octanol–water partition coefficient (Wildman–Crippen LogP) is 2.52. The summed E-state index contributed by atoms with van der Waals surface area (Å²) in [5, 5.41) is 1.25. The third-order valence-electron chi connectivity index (χ3n) is 2.88. The van der Waals surface area contributed by atoms with Crippen molar-refractivity contribution in [3.8, 4) is 0 Å². The molecule has 0 aliphatic heterocycles. The number of nitrogens with two attached hydrogens (primary N) is 1. The molecule has 0 fully saturated rings. The van der Waals surface area contributed by atoms with E-state index in [0.717, 1.165) is 13.2 Å². The predicted molar refractivity (Wildman–Crippen MR) is 70.9 cm³/mol. The van der Waals surface area contributed by atoms with Crippen LogP contribution in [0.15, 0.2) is 30.5 Å². The minimum atomic E-state index is 0.283. The minimum absolute atomic E-state index is 0.283. The lowest BCUT2D eigenvalue weighted by molar-refractivity contribution is 0.0733. The van der Waals surface area contributed by atoms with Crippen molar-refractivity contribution >= 4 is 10.9 Å². The molecule has 2 rings (SSSR count). The second kappa shape index (κ2) is 5.34. The summed E-state index contributed by atoms with van der Waals surface area (Å²) in [6.45, 7) is 6.30. The fourth-order valence-electron chi connectivity index (χ4n) is 2.08. The number of para-hydroxylation sites is 1. The first-order valence-corrected chi connectivity index (χ1v) is 6.10. The van der Waals surface area contributed by atoms with E-state index in [4.69, 9.17) is 10.5 Å². The maximum atomic E-state index is 5.78. The first-order valence-electron chi connectivity index (χ1n) is 6.10. The van der Waals surface area contributed by atoms with E-state index in [9.17, 15) is 0 Å². The zero-order valence-electron chi connectivity index (χ0n) is 10.5. The summed E-state index contributed by atoms with van der Waals surface area (Å²) >= 11 is 0. The van der Waals surface area contributed by atoms with E-state index in [1.165, 1.54) is 16.5 Å². The number of ether oxygens (including phenoxy) is 1. The molecule has 0 unspecified atom stereocenters. The third-order valence-corrected chi connectivity index (χ3v) is 2.88. The number of hydrogen-bond donors (Lipinski definition) is 1. The molecule has 0 aliphatic rings. The fourth-order valence-corrected chi connectivity index (χ4v) is 2.08. The molecule has 0 spiro atoms. The average Bonchev–Trinajstić information content (AvgIpc) is 2.72. The summed E-state index contributed by atoms with van der Waals surface area (Å²) < 4.78 is 7.81. The van der Waals surface area contributed by atoms with E-state index in [2.05, 4.69) is 48.9 Å². The molecule has 1 aromatic heterocycles. The van der Waals surface area contributed by atoms with Gasteiger partial charge >= 0.3 is 0 Å². The number of aromatic nitrogens is 1. The summed E-state index contributed by atoms with van der Waals surface area (Å²) in [6.07, 6.45) is 2.39. The Labute approximate surface area is 102 Å². The standard InChI is InChI=1S/C14H20N2O/c1-11(2)17-9-8-16-7-6-12-4-3-5-13(10-15)14(12)16/h3-7,11H,8-10,15H2,1-2H3. The Morgan fingerprint density at radius 3 is 2.82 bits per heavy atom. The topological polar surface area (TPSA) is 40.2 Å². The summed E-state index contributed by atoms with van der Waals surface area (Å²) in [5.41, 5.74) is 8.21. The van der Waals surface area contributed by atoms with Crippen molar-refractivity contribution in [2.24, 2.45) is 5.73 Å². The molecule has 0 saturated carbocycles. The van der Waals surface area contributed by atoms with Crippen LogP contribution in [0.25, 0.3) is 10.9 Å². The van der Waals surface area contributed by atoms with Gasteiger partial charge in [0.2, 0.25) is 0 Å². The molecule has 0 radical (unpaired) electrons. The van der Waals surface area contributed by atoms with Crippen molar-refractivity contribution in [2.75, 3.05) is 6.61 Å². The van der Waals surface area contributed by atoms with Crippen molar-refractivity contribution in [2.45, 2.75) is 33.0 Å². The van der Waals surface area contributed by atoms with Gasteiger partial charge in [-0.2, -0.15) is 0 Å². The minimum Gasteiger partial charge on any atom is -0.377 e. The Balaban J connectivity index is 2.22. The van der Waals surface area contributed by atoms with E-state index in [1.807, 2.05) is 0 Å². The van der Waals surface area contributed by atoms with Gasteiger partial charge < -0.3 is 15.0 Å². The Kier molecular flexibility index (Phi) is 3.82. The summed E-state index contributed by atoms with van der Waals surface area (Å²) in [6, 6.07) is 8.39. The van der Waals surface area contributed by atoms with Gasteiger partial charge in [-0.1, -0.05) is 18.2 Å². The Morgan fingerprint density at radius 2 is 2.12 bits per heavy atom. The molecule has 2 aromatic rings. The van der Waals surface area contributed by atoms with E-state index in [0.29, 0.717) is 6.54 Å². The zero-order chi connectivity index (χ0) is 12.3. The summed E-state index contributed by atoms with van der Waals surface area (Å²) in [5.74, 6) is 0. The third kappa shape index (κ3) is 2.68. The molecule has 2 N–H and O–H groups in total. The van der Waals surface area contributed by atoms with Gasteiger partial charge in [-0.25, -0.2) is 0 Å². The van der Waals surface area contributed by atoms with Crippen LogP contribution in [0.3, 0.4) is 0 Å². The highest BCUT2D eigenvalue weighted by atomic mass is 16.5. The first kappa shape index (κ1) is 12.1. The maximum Gasteiger partial charge on any atom is 0.0649 e. The molecule has 0 atom stereocenters. The van der Waals surface area contributed by atoms with Crippen molar-refractivity contribution in [1.82, 2.24) is 4.57 Å². The lowest BCUT2D eigenvalue weighted by Crippen LogP contribution is -2.10. The molecule has 0 saturated heterocycles. The highest BCUT2D eigenvalue weighted by molar-refractivity contribution is 5.83. The van der Waals surface area contributed by atoms with Gasteiger partial charge in [0.05, 0.1) is 18.2 Å². The number of fused-ring (bicyclic) bond motifs is 1. The molecule has 92 valence electrons. The second-order valence-electron chi connectivity index (χ2n) is 4.49. The van der Waals surface area contributed by atoms with Crippen LogP contribution in [0.4, 0.5) is 0 Å². The molecular formula is C14H20N2O. The molecule has 1 heterocycles. The quantitative estimate of drug-likeness (QED) is 0.860. The SMILES string of the molecule is CC(C)OCCn1ccc2cccc(CN)c21. The number of nitrogens with zero attached hydrogens (tertiary/aromatic N) is 1. The van der Waals surface area contributed by atoms with Crippen LogP contribution in [0.2, 0.25) is 0 Å². The van der Waals surface area contributed by atoms with Crippen LogP contribution in [-0.4, -0.2) is 17.3 Å². The van der Waals surface area contributed by atoms with Gasteiger partial charge in [-0.3, -0.25) is 0 Å². The first-order chi connectivity index (χ1) is 8.22. The molecule has 0 bridgehead atoms. The van der Waals surface area contributed by atoms with Crippen molar-refractivity contribution < 1.29 is 4.74 Å². The van der Waals surface area contributed by atoms with E-state index >= 15 is 0 Å². The van der Waals surface area contributed by atoms with Crippen molar-refractivity contribution in [1.29, 1.82) is 0 Å². The van der Waals surface area contributed by atoms with Gasteiger partial charge in [0.1, 0.15) is 0 Å². The van der Waals surface area contributed by atoms with Crippen molar-refractivity contribution in [3.05, 3.63) is 36.0 Å². The van der Waals surface area contributed by atoms with Crippen LogP contribution in [0.1, 0.15) is 19.4 Å². The largest absolute Gasteiger partial charge is 0.377 e. The summed E-state index contributed by atoms with van der Waals surface area (Å²) in [7, 11) is 0. The molecule has 0 amide bonds. The zero-order valence-corrected chi connectivity index (χ0v) is 10.5. The van der Waals surface area contributed by atoms with Crippen LogP contribution < -0.4 is 5.73 Å².